The Kier molecular flexibility index (Phi) is 4.39. The molecule has 0 saturated carbocycles. The highest BCUT2D eigenvalue weighted by Gasteiger charge is 2.27. The number of carbonyl (C=O) groups is 3. The highest BCUT2D eigenvalue weighted by atomic mass is 32.1. The fourth-order valence-corrected chi connectivity index (χ4v) is 3.51. The number of aryl methyl sites for hydroxylation is 1. The summed E-state index contributed by atoms with van der Waals surface area (Å²) in [6.07, 6.45) is 2.36. The number of fused-ring (bicyclic) bond motifs is 1. The number of carboxylic acids is 1. The molecule has 7 heteroatoms. The summed E-state index contributed by atoms with van der Waals surface area (Å²) < 4.78 is 4.76. The summed E-state index contributed by atoms with van der Waals surface area (Å²) in [7, 11) is 1.30. The second-order valence-corrected chi connectivity index (χ2v) is 5.60. The van der Waals surface area contributed by atoms with E-state index in [1.165, 1.54) is 18.4 Å². The molecule has 2 rings (SSSR count). The van der Waals surface area contributed by atoms with Crippen LogP contribution in [-0.2, 0) is 27.2 Å². The molecule has 0 bridgehead atoms. The van der Waals surface area contributed by atoms with Gasteiger partial charge in [0.05, 0.1) is 19.1 Å². The number of aliphatic carboxylic acids is 1. The zero-order chi connectivity index (χ0) is 14.7. The zero-order valence-electron chi connectivity index (χ0n) is 11.0. The fourth-order valence-electron chi connectivity index (χ4n) is 2.22. The van der Waals surface area contributed by atoms with Crippen LogP contribution < -0.4 is 5.32 Å². The predicted octanol–water partition coefficient (Wildman–Crippen LogP) is 1.83. The number of carbonyl (C=O) groups excluding carboxylic acids is 2. The third kappa shape index (κ3) is 2.98. The molecule has 20 heavy (non-hydrogen) atoms. The third-order valence-corrected chi connectivity index (χ3v) is 4.34. The minimum Gasteiger partial charge on any atom is -0.481 e. The Bertz CT molecular complexity index is 563. The number of nitrogens with one attached hydrogen (secondary N) is 1. The summed E-state index contributed by atoms with van der Waals surface area (Å²) in [5.74, 6) is -1.89. The van der Waals surface area contributed by atoms with Gasteiger partial charge in [-0.1, -0.05) is 0 Å². The van der Waals surface area contributed by atoms with E-state index in [1.807, 2.05) is 0 Å². The molecule has 1 amide bonds. The van der Waals surface area contributed by atoms with Crippen LogP contribution >= 0.6 is 11.3 Å². The first-order chi connectivity index (χ1) is 9.52. The number of ether oxygens (including phenoxy) is 1. The molecule has 0 spiro atoms. The topological polar surface area (TPSA) is 92.7 Å². The number of methoxy groups -OCH3 is 1. The van der Waals surface area contributed by atoms with Crippen molar-refractivity contribution in [2.24, 2.45) is 0 Å². The van der Waals surface area contributed by atoms with Crippen molar-refractivity contribution >= 4 is 34.2 Å². The highest BCUT2D eigenvalue weighted by molar-refractivity contribution is 7.17. The van der Waals surface area contributed by atoms with E-state index in [1.54, 1.807) is 0 Å². The van der Waals surface area contributed by atoms with Crippen LogP contribution in [0, 0.1) is 0 Å². The minimum atomic E-state index is -1.03. The molecular weight excluding hydrogens is 282 g/mol. The van der Waals surface area contributed by atoms with Crippen LogP contribution in [0.1, 0.15) is 40.1 Å². The summed E-state index contributed by atoms with van der Waals surface area (Å²) in [5.41, 5.74) is 1.38. The van der Waals surface area contributed by atoms with Crippen LogP contribution in [0.5, 0.6) is 0 Å². The van der Waals surface area contributed by atoms with Gasteiger partial charge in [0.25, 0.3) is 0 Å². The van der Waals surface area contributed by atoms with Gasteiger partial charge < -0.3 is 15.2 Å². The van der Waals surface area contributed by atoms with Crippen molar-refractivity contribution in [2.75, 3.05) is 12.4 Å². The molecule has 108 valence electrons. The van der Waals surface area contributed by atoms with Crippen molar-refractivity contribution in [1.82, 2.24) is 0 Å². The van der Waals surface area contributed by atoms with Crippen molar-refractivity contribution in [1.29, 1.82) is 0 Å². The van der Waals surface area contributed by atoms with E-state index in [-0.39, 0.29) is 12.8 Å². The van der Waals surface area contributed by atoms with Gasteiger partial charge in [0.15, 0.2) is 0 Å². The van der Waals surface area contributed by atoms with Crippen LogP contribution in [0.4, 0.5) is 5.00 Å². The number of amides is 1. The molecule has 1 aliphatic carbocycles. The maximum Gasteiger partial charge on any atom is 0.341 e. The van der Waals surface area contributed by atoms with Gasteiger partial charge in [-0.25, -0.2) is 4.79 Å². The average molecular weight is 297 g/mol. The molecule has 0 aromatic carbocycles. The second kappa shape index (κ2) is 6.04. The van der Waals surface area contributed by atoms with Crippen molar-refractivity contribution in [2.45, 2.75) is 32.1 Å². The van der Waals surface area contributed by atoms with Gasteiger partial charge in [-0.3, -0.25) is 9.59 Å². The quantitative estimate of drug-likeness (QED) is 0.809. The number of rotatable bonds is 5. The summed E-state index contributed by atoms with van der Waals surface area (Å²) in [5, 5.41) is 11.6. The summed E-state index contributed by atoms with van der Waals surface area (Å²) >= 11 is 1.37. The lowest BCUT2D eigenvalue weighted by Crippen LogP contribution is -2.15. The molecule has 1 aliphatic rings. The van der Waals surface area contributed by atoms with Crippen LogP contribution in [-0.4, -0.2) is 30.1 Å². The van der Waals surface area contributed by atoms with Crippen LogP contribution in [0.2, 0.25) is 0 Å². The standard InChI is InChI=1S/C13H15NO5S/c1-19-13(18)11-7-3-2-4-8(7)20-12(11)14-9(15)5-6-10(16)17/h2-6H2,1H3,(H,14,15)(H,16,17). The van der Waals surface area contributed by atoms with E-state index in [2.05, 4.69) is 5.32 Å². The number of hydrogen-bond acceptors (Lipinski definition) is 5. The smallest absolute Gasteiger partial charge is 0.341 e. The lowest BCUT2D eigenvalue weighted by molar-refractivity contribution is -0.138. The van der Waals surface area contributed by atoms with Gasteiger partial charge in [-0.15, -0.1) is 11.3 Å². The first-order valence-corrected chi connectivity index (χ1v) is 7.09. The van der Waals surface area contributed by atoms with Crippen molar-refractivity contribution in [3.8, 4) is 0 Å². The van der Waals surface area contributed by atoms with Gasteiger partial charge in [0.1, 0.15) is 5.00 Å². The SMILES string of the molecule is COC(=O)c1c(NC(=O)CCC(=O)O)sc2c1CCC2. The van der Waals surface area contributed by atoms with E-state index in [0.717, 1.165) is 29.7 Å². The van der Waals surface area contributed by atoms with Gasteiger partial charge in [-0.05, 0) is 24.8 Å². The largest absolute Gasteiger partial charge is 0.481 e. The Morgan fingerprint density at radius 2 is 2.05 bits per heavy atom. The summed E-state index contributed by atoms with van der Waals surface area (Å²) in [6, 6.07) is 0. The maximum absolute atomic E-state index is 11.8. The molecule has 1 aromatic heterocycles. The fraction of sp³-hybridized carbons (Fsp3) is 0.462. The molecule has 6 nitrogen and oxygen atoms in total. The van der Waals surface area contributed by atoms with E-state index in [0.29, 0.717) is 10.6 Å². The van der Waals surface area contributed by atoms with Crippen LogP contribution in [0.15, 0.2) is 0 Å². The second-order valence-electron chi connectivity index (χ2n) is 4.49. The molecule has 0 radical (unpaired) electrons. The number of thiophene rings is 1. The van der Waals surface area contributed by atoms with Crippen molar-refractivity contribution in [3.05, 3.63) is 16.0 Å². The third-order valence-electron chi connectivity index (χ3n) is 3.13. The minimum absolute atomic E-state index is 0.113. The highest BCUT2D eigenvalue weighted by Crippen LogP contribution is 2.39. The number of esters is 1. The van der Waals surface area contributed by atoms with E-state index < -0.39 is 17.8 Å². The Morgan fingerprint density at radius 1 is 1.30 bits per heavy atom. The van der Waals surface area contributed by atoms with Gasteiger partial charge >= 0.3 is 11.9 Å². The van der Waals surface area contributed by atoms with Gasteiger partial charge in [-0.2, -0.15) is 0 Å². The molecule has 1 aromatic rings. The summed E-state index contributed by atoms with van der Waals surface area (Å²) in [6.45, 7) is 0. The Morgan fingerprint density at radius 3 is 2.70 bits per heavy atom. The van der Waals surface area contributed by atoms with Crippen molar-refractivity contribution in [3.63, 3.8) is 0 Å². The molecular formula is C13H15NO5S. The summed E-state index contributed by atoms with van der Waals surface area (Å²) in [4.78, 5) is 35.1. The van der Waals surface area contributed by atoms with Crippen LogP contribution in [0.25, 0.3) is 0 Å². The molecule has 0 fully saturated rings. The van der Waals surface area contributed by atoms with Crippen molar-refractivity contribution < 1.29 is 24.2 Å². The number of carboxylic acid groups (broad SMARTS) is 1. The number of hydrogen-bond donors (Lipinski definition) is 2. The van der Waals surface area contributed by atoms with Gasteiger partial charge in [0, 0.05) is 11.3 Å². The first kappa shape index (κ1) is 14.5. The molecule has 0 aliphatic heterocycles. The average Bonchev–Trinajstić information content (AvgIpc) is 2.95. The monoisotopic (exact) mass is 297 g/mol. The Balaban J connectivity index is 2.17. The Labute approximate surface area is 119 Å². The molecule has 0 saturated heterocycles. The molecule has 0 atom stereocenters. The first-order valence-electron chi connectivity index (χ1n) is 6.27. The van der Waals surface area contributed by atoms with E-state index in [4.69, 9.17) is 9.84 Å². The maximum atomic E-state index is 11.8. The molecule has 0 unspecified atom stereocenters. The predicted molar refractivity (Wildman–Crippen MR) is 73.2 cm³/mol. The number of anilines is 1. The lowest BCUT2D eigenvalue weighted by Gasteiger charge is -2.06. The lowest BCUT2D eigenvalue weighted by atomic mass is 10.1. The van der Waals surface area contributed by atoms with E-state index in [9.17, 15) is 14.4 Å². The van der Waals surface area contributed by atoms with Gasteiger partial charge in [0.2, 0.25) is 5.91 Å². The normalized spacial score (nSPS) is 12.8. The zero-order valence-corrected chi connectivity index (χ0v) is 11.8. The molecule has 1 heterocycles. The van der Waals surface area contributed by atoms with Crippen LogP contribution in [0.3, 0.4) is 0 Å². The van der Waals surface area contributed by atoms with E-state index >= 15 is 0 Å². The molecule has 2 N–H and O–H groups in total. The Hall–Kier alpha value is -1.89.